The Morgan fingerprint density at radius 2 is 2.35 bits per heavy atom. The van der Waals surface area contributed by atoms with Gasteiger partial charge in [0.25, 0.3) is 0 Å². The average Bonchev–Trinajstić information content (AvgIpc) is 3.17. The van der Waals surface area contributed by atoms with Gasteiger partial charge in [-0.3, -0.25) is 0 Å². The van der Waals surface area contributed by atoms with Crippen LogP contribution in [0.3, 0.4) is 0 Å². The summed E-state index contributed by atoms with van der Waals surface area (Å²) >= 11 is 5.96. The Kier molecular flexibility index (Phi) is 5.26. The molecule has 1 aliphatic rings. The van der Waals surface area contributed by atoms with Gasteiger partial charge in [-0.2, -0.15) is 0 Å². The molecule has 0 bridgehead atoms. The first-order valence-corrected chi connectivity index (χ1v) is 7.45. The van der Waals surface area contributed by atoms with Crippen LogP contribution >= 0.6 is 11.6 Å². The zero-order valence-electron chi connectivity index (χ0n) is 11.6. The summed E-state index contributed by atoms with van der Waals surface area (Å²) < 4.78 is 0. The predicted octanol–water partition coefficient (Wildman–Crippen LogP) is 2.66. The topological polar surface area (TPSA) is 61.4 Å². The maximum Gasteiger partial charge on any atom is 0.315 e. The number of benzene rings is 1. The van der Waals surface area contributed by atoms with E-state index < -0.39 is 0 Å². The Balaban J connectivity index is 1.70. The third-order valence-corrected chi connectivity index (χ3v) is 3.85. The number of aliphatic hydroxyl groups excluding tert-OH is 1. The maximum atomic E-state index is 11.7. The van der Waals surface area contributed by atoms with Crippen molar-refractivity contribution in [2.24, 2.45) is 0 Å². The second-order valence-corrected chi connectivity index (χ2v) is 5.69. The van der Waals surface area contributed by atoms with Gasteiger partial charge in [-0.05, 0) is 37.0 Å². The summed E-state index contributed by atoms with van der Waals surface area (Å²) in [5.74, 6) is 0.362. The van der Waals surface area contributed by atoms with Gasteiger partial charge in [0.1, 0.15) is 0 Å². The summed E-state index contributed by atoms with van der Waals surface area (Å²) in [4.78, 5) is 11.7. The molecule has 0 radical (unpaired) electrons. The van der Waals surface area contributed by atoms with E-state index in [4.69, 9.17) is 11.6 Å². The molecule has 20 heavy (non-hydrogen) atoms. The highest BCUT2D eigenvalue weighted by molar-refractivity contribution is 6.30. The number of urea groups is 1. The lowest BCUT2D eigenvalue weighted by atomic mass is 10.1. The number of aliphatic hydroxyl groups is 1. The maximum absolute atomic E-state index is 11.7. The van der Waals surface area contributed by atoms with Gasteiger partial charge in [-0.15, -0.1) is 0 Å². The molecule has 1 aromatic carbocycles. The highest BCUT2D eigenvalue weighted by atomic mass is 35.5. The molecule has 0 spiro atoms. The molecule has 0 aliphatic heterocycles. The van der Waals surface area contributed by atoms with Crippen molar-refractivity contribution in [3.8, 4) is 0 Å². The third kappa shape index (κ3) is 4.39. The quantitative estimate of drug-likeness (QED) is 0.756. The van der Waals surface area contributed by atoms with E-state index in [9.17, 15) is 9.90 Å². The van der Waals surface area contributed by atoms with Crippen LogP contribution in [-0.2, 0) is 0 Å². The Hall–Kier alpha value is -1.26. The summed E-state index contributed by atoms with van der Waals surface area (Å²) in [5, 5.41) is 15.8. The highest BCUT2D eigenvalue weighted by Gasteiger charge is 2.39. The third-order valence-electron chi connectivity index (χ3n) is 3.62. The first kappa shape index (κ1) is 15.1. The van der Waals surface area contributed by atoms with Crippen LogP contribution in [0.1, 0.15) is 37.7 Å². The van der Waals surface area contributed by atoms with E-state index in [0.717, 1.165) is 11.4 Å². The van der Waals surface area contributed by atoms with Gasteiger partial charge in [0.05, 0.1) is 6.10 Å². The lowest BCUT2D eigenvalue weighted by Gasteiger charge is -2.10. The van der Waals surface area contributed by atoms with Gasteiger partial charge in [-0.25, -0.2) is 4.79 Å². The largest absolute Gasteiger partial charge is 0.393 e. The molecule has 110 valence electrons. The Bertz CT molecular complexity index is 467. The van der Waals surface area contributed by atoms with E-state index >= 15 is 0 Å². The SMILES string of the molecule is CCC(O)CCNC(=O)NC1CC1c1cccc(Cl)c1. The van der Waals surface area contributed by atoms with Crippen LogP contribution in [0.5, 0.6) is 0 Å². The van der Waals surface area contributed by atoms with Gasteiger partial charge < -0.3 is 15.7 Å². The van der Waals surface area contributed by atoms with E-state index in [-0.39, 0.29) is 18.2 Å². The van der Waals surface area contributed by atoms with Crippen molar-refractivity contribution in [3.63, 3.8) is 0 Å². The zero-order valence-corrected chi connectivity index (χ0v) is 12.4. The summed E-state index contributed by atoms with van der Waals surface area (Å²) in [6, 6.07) is 7.78. The Morgan fingerprint density at radius 1 is 1.55 bits per heavy atom. The summed E-state index contributed by atoms with van der Waals surface area (Å²) in [6.07, 6.45) is 1.91. The monoisotopic (exact) mass is 296 g/mol. The summed E-state index contributed by atoms with van der Waals surface area (Å²) in [5.41, 5.74) is 1.17. The van der Waals surface area contributed by atoms with Crippen molar-refractivity contribution >= 4 is 17.6 Å². The van der Waals surface area contributed by atoms with Gasteiger partial charge in [-0.1, -0.05) is 30.7 Å². The Morgan fingerprint density at radius 3 is 3.05 bits per heavy atom. The number of amides is 2. The fourth-order valence-electron chi connectivity index (χ4n) is 2.24. The number of hydrogen-bond acceptors (Lipinski definition) is 2. The standard InChI is InChI=1S/C15H21ClN2O2/c1-2-12(19)6-7-17-15(20)18-14-9-13(14)10-4-3-5-11(16)8-10/h3-5,8,12-14,19H,2,6-7,9H2,1H3,(H2,17,18,20). The van der Waals surface area contributed by atoms with Gasteiger partial charge in [0, 0.05) is 23.5 Å². The Labute approximate surface area is 124 Å². The van der Waals surface area contributed by atoms with Gasteiger partial charge in [0.15, 0.2) is 0 Å². The first-order valence-electron chi connectivity index (χ1n) is 7.08. The molecule has 1 aliphatic carbocycles. The van der Waals surface area contributed by atoms with Crippen LogP contribution in [0.2, 0.25) is 5.02 Å². The first-order chi connectivity index (χ1) is 9.60. The number of halogens is 1. The van der Waals surface area contributed by atoms with Crippen molar-refractivity contribution in [1.82, 2.24) is 10.6 Å². The van der Waals surface area contributed by atoms with E-state index in [1.54, 1.807) is 0 Å². The van der Waals surface area contributed by atoms with Gasteiger partial charge >= 0.3 is 6.03 Å². The summed E-state index contributed by atoms with van der Waals surface area (Å²) in [7, 11) is 0. The number of hydrogen-bond donors (Lipinski definition) is 3. The van der Waals surface area contributed by atoms with Crippen molar-refractivity contribution in [3.05, 3.63) is 34.9 Å². The lowest BCUT2D eigenvalue weighted by molar-refractivity contribution is 0.160. The van der Waals surface area contributed by atoms with Crippen LogP contribution in [0, 0.1) is 0 Å². The molecule has 3 atom stereocenters. The van der Waals surface area contributed by atoms with Crippen LogP contribution in [-0.4, -0.2) is 29.8 Å². The minimum Gasteiger partial charge on any atom is -0.393 e. The van der Waals surface area contributed by atoms with Crippen molar-refractivity contribution < 1.29 is 9.90 Å². The minimum absolute atomic E-state index is 0.164. The van der Waals surface area contributed by atoms with Crippen LogP contribution in [0.15, 0.2) is 24.3 Å². The second-order valence-electron chi connectivity index (χ2n) is 5.25. The van der Waals surface area contributed by atoms with Crippen molar-refractivity contribution in [2.45, 2.75) is 44.2 Å². The number of carbonyl (C=O) groups excluding carboxylic acids is 1. The molecule has 3 unspecified atom stereocenters. The summed E-state index contributed by atoms with van der Waals surface area (Å²) in [6.45, 7) is 2.42. The van der Waals surface area contributed by atoms with Crippen LogP contribution in [0.4, 0.5) is 4.79 Å². The zero-order chi connectivity index (χ0) is 14.5. The number of carbonyl (C=O) groups is 1. The predicted molar refractivity (Wildman–Crippen MR) is 80.0 cm³/mol. The molecule has 2 rings (SSSR count). The molecule has 0 aromatic heterocycles. The van der Waals surface area contributed by atoms with E-state index in [2.05, 4.69) is 10.6 Å². The van der Waals surface area contributed by atoms with E-state index in [1.165, 1.54) is 5.56 Å². The van der Waals surface area contributed by atoms with Crippen LogP contribution in [0.25, 0.3) is 0 Å². The number of nitrogens with one attached hydrogen (secondary N) is 2. The molecule has 1 aromatic rings. The van der Waals surface area contributed by atoms with E-state index in [0.29, 0.717) is 25.3 Å². The normalized spacial score (nSPS) is 22.1. The lowest BCUT2D eigenvalue weighted by Crippen LogP contribution is -2.38. The molecule has 2 amide bonds. The van der Waals surface area contributed by atoms with Gasteiger partial charge in [0.2, 0.25) is 0 Å². The molecule has 0 saturated heterocycles. The van der Waals surface area contributed by atoms with E-state index in [1.807, 2.05) is 31.2 Å². The molecule has 4 nitrogen and oxygen atoms in total. The molecule has 3 N–H and O–H groups in total. The molecular formula is C15H21ClN2O2. The fourth-order valence-corrected chi connectivity index (χ4v) is 2.43. The number of rotatable bonds is 6. The molecule has 1 saturated carbocycles. The van der Waals surface area contributed by atoms with Crippen LogP contribution < -0.4 is 10.6 Å². The second kappa shape index (κ2) is 6.95. The van der Waals surface area contributed by atoms with Crippen molar-refractivity contribution in [1.29, 1.82) is 0 Å². The molecule has 5 heteroatoms. The smallest absolute Gasteiger partial charge is 0.315 e. The average molecular weight is 297 g/mol. The fraction of sp³-hybridized carbons (Fsp3) is 0.533. The van der Waals surface area contributed by atoms with Crippen molar-refractivity contribution in [2.75, 3.05) is 6.54 Å². The molecular weight excluding hydrogens is 276 g/mol. The molecule has 0 heterocycles. The molecule has 1 fully saturated rings. The minimum atomic E-state index is -0.338. The highest BCUT2D eigenvalue weighted by Crippen LogP contribution is 2.41.